The number of hydrogen-bond acceptors (Lipinski definition) is 2. The Balaban J connectivity index is 0.000000671. The van der Waals surface area contributed by atoms with Gasteiger partial charge in [-0.1, -0.05) is 76.9 Å². The molecule has 2 aromatic rings. The van der Waals surface area contributed by atoms with Crippen molar-refractivity contribution in [2.45, 2.75) is 66.6 Å². The predicted octanol–water partition coefficient (Wildman–Crippen LogP) is 6.20. The maximum atomic E-state index is 6.28. The monoisotopic (exact) mass is 327 g/mol. The van der Waals surface area contributed by atoms with Crippen LogP contribution < -0.4 is 5.73 Å². The van der Waals surface area contributed by atoms with Gasteiger partial charge in [-0.2, -0.15) is 0 Å². The van der Waals surface area contributed by atoms with E-state index in [-0.39, 0.29) is 5.60 Å². The van der Waals surface area contributed by atoms with Crippen molar-refractivity contribution >= 4 is 5.69 Å². The minimum Gasteiger partial charge on any atom is -0.399 e. The van der Waals surface area contributed by atoms with Crippen LogP contribution in [0, 0.1) is 6.92 Å². The van der Waals surface area contributed by atoms with E-state index in [0.717, 1.165) is 18.5 Å². The molecule has 0 radical (unpaired) electrons. The number of aryl methyl sites for hydroxylation is 1. The maximum absolute atomic E-state index is 6.28. The summed E-state index contributed by atoms with van der Waals surface area (Å²) in [6.07, 6.45) is 2.07. The van der Waals surface area contributed by atoms with Gasteiger partial charge in [0.1, 0.15) is 5.60 Å². The first-order valence-corrected chi connectivity index (χ1v) is 9.26. The third kappa shape index (κ3) is 3.99. The molecule has 0 bridgehead atoms. The van der Waals surface area contributed by atoms with Crippen LogP contribution in [0.25, 0.3) is 0 Å². The van der Waals surface area contributed by atoms with Crippen LogP contribution in [0.3, 0.4) is 0 Å². The van der Waals surface area contributed by atoms with E-state index in [1.54, 1.807) is 0 Å². The fourth-order valence-corrected chi connectivity index (χ4v) is 3.17. The zero-order valence-electron chi connectivity index (χ0n) is 16.1. The second-order valence-corrected chi connectivity index (χ2v) is 5.65. The van der Waals surface area contributed by atoms with E-state index in [1.807, 2.05) is 39.8 Å². The van der Waals surface area contributed by atoms with Crippen LogP contribution in [-0.2, 0) is 16.9 Å². The Morgan fingerprint density at radius 3 is 2.21 bits per heavy atom. The molecule has 0 spiro atoms. The van der Waals surface area contributed by atoms with Gasteiger partial charge in [-0.15, -0.1) is 0 Å². The first-order chi connectivity index (χ1) is 11.7. The Hall–Kier alpha value is -1.80. The van der Waals surface area contributed by atoms with E-state index in [0.29, 0.717) is 6.61 Å². The summed E-state index contributed by atoms with van der Waals surface area (Å²) in [4.78, 5) is 0. The van der Waals surface area contributed by atoms with Gasteiger partial charge in [0.05, 0.1) is 6.61 Å². The van der Waals surface area contributed by atoms with Gasteiger partial charge in [-0.25, -0.2) is 0 Å². The lowest BCUT2D eigenvalue weighted by atomic mass is 9.82. The molecule has 0 amide bonds. The standard InChI is InChI=1S/C18H21NO.2C2H6/c1-3-10-18(15-6-4-13(2)5-7-15)17-9-8-16(19)11-14(17)12-20-18;2*1-2/h4-9,11H,3,10,12,19H2,1-2H3;2*1-2H3. The lowest BCUT2D eigenvalue weighted by molar-refractivity contribution is -0.0121. The zero-order valence-corrected chi connectivity index (χ0v) is 16.1. The molecule has 2 N–H and O–H groups in total. The Bertz CT molecular complexity index is 618. The predicted molar refractivity (Wildman–Crippen MR) is 105 cm³/mol. The summed E-state index contributed by atoms with van der Waals surface area (Å²) in [6, 6.07) is 14.9. The molecule has 1 heterocycles. The first-order valence-electron chi connectivity index (χ1n) is 9.26. The Morgan fingerprint density at radius 2 is 1.62 bits per heavy atom. The Kier molecular flexibility index (Phi) is 8.00. The fourth-order valence-electron chi connectivity index (χ4n) is 3.17. The smallest absolute Gasteiger partial charge is 0.119 e. The summed E-state index contributed by atoms with van der Waals surface area (Å²) in [5, 5.41) is 0. The third-order valence-corrected chi connectivity index (χ3v) is 4.16. The van der Waals surface area contributed by atoms with Crippen molar-refractivity contribution in [3.05, 3.63) is 64.7 Å². The number of ether oxygens (including phenoxy) is 1. The van der Waals surface area contributed by atoms with Crippen molar-refractivity contribution in [3.8, 4) is 0 Å². The summed E-state index contributed by atoms with van der Waals surface area (Å²) < 4.78 is 6.28. The van der Waals surface area contributed by atoms with Crippen molar-refractivity contribution in [1.29, 1.82) is 0 Å². The normalized spacial score (nSPS) is 17.9. The highest BCUT2D eigenvalue weighted by molar-refractivity contribution is 5.51. The Morgan fingerprint density at radius 1 is 1.00 bits per heavy atom. The molecule has 2 nitrogen and oxygen atoms in total. The summed E-state index contributed by atoms with van der Waals surface area (Å²) in [7, 11) is 0. The molecule has 2 heteroatoms. The maximum Gasteiger partial charge on any atom is 0.119 e. The summed E-state index contributed by atoms with van der Waals surface area (Å²) in [5.41, 5.74) is 11.4. The van der Waals surface area contributed by atoms with E-state index < -0.39 is 0 Å². The SMILES string of the molecule is CC.CC.CCCC1(c2ccc(C)cc2)OCc2cc(N)ccc21. The number of benzene rings is 2. The second kappa shape index (κ2) is 9.48. The van der Waals surface area contributed by atoms with Crippen LogP contribution in [0.2, 0.25) is 0 Å². The van der Waals surface area contributed by atoms with Gasteiger partial charge in [0.25, 0.3) is 0 Å². The van der Waals surface area contributed by atoms with Crippen molar-refractivity contribution in [2.24, 2.45) is 0 Å². The second-order valence-electron chi connectivity index (χ2n) is 5.65. The molecule has 0 saturated heterocycles. The van der Waals surface area contributed by atoms with Gasteiger partial charge in [0.2, 0.25) is 0 Å². The number of rotatable bonds is 3. The molecule has 1 atom stereocenters. The molecule has 24 heavy (non-hydrogen) atoms. The minimum atomic E-state index is -0.300. The summed E-state index contributed by atoms with van der Waals surface area (Å²) >= 11 is 0. The lowest BCUT2D eigenvalue weighted by Gasteiger charge is -2.30. The van der Waals surface area contributed by atoms with E-state index >= 15 is 0 Å². The average Bonchev–Trinajstić information content (AvgIpc) is 2.98. The van der Waals surface area contributed by atoms with Crippen molar-refractivity contribution in [2.75, 3.05) is 5.73 Å². The van der Waals surface area contributed by atoms with Crippen LogP contribution in [0.15, 0.2) is 42.5 Å². The van der Waals surface area contributed by atoms with Gasteiger partial charge in [-0.05, 0) is 42.2 Å². The number of hydrogen-bond donors (Lipinski definition) is 1. The highest BCUT2D eigenvalue weighted by Gasteiger charge is 2.40. The van der Waals surface area contributed by atoms with E-state index in [4.69, 9.17) is 10.5 Å². The molecule has 0 fully saturated rings. The van der Waals surface area contributed by atoms with E-state index in [1.165, 1.54) is 22.3 Å². The highest BCUT2D eigenvalue weighted by atomic mass is 16.5. The molecule has 1 aliphatic rings. The molecule has 0 aromatic heterocycles. The molecule has 1 aliphatic heterocycles. The van der Waals surface area contributed by atoms with E-state index in [9.17, 15) is 0 Å². The topological polar surface area (TPSA) is 35.2 Å². The quantitative estimate of drug-likeness (QED) is 0.681. The fraction of sp³-hybridized carbons (Fsp3) is 0.455. The van der Waals surface area contributed by atoms with Crippen LogP contribution in [0.5, 0.6) is 0 Å². The van der Waals surface area contributed by atoms with Crippen molar-refractivity contribution in [3.63, 3.8) is 0 Å². The Labute approximate surface area is 148 Å². The van der Waals surface area contributed by atoms with Crippen LogP contribution >= 0.6 is 0 Å². The molecule has 132 valence electrons. The van der Waals surface area contributed by atoms with Gasteiger partial charge < -0.3 is 10.5 Å². The highest BCUT2D eigenvalue weighted by Crippen LogP contribution is 2.45. The molecule has 0 aliphatic carbocycles. The molecule has 1 unspecified atom stereocenters. The van der Waals surface area contributed by atoms with Crippen LogP contribution in [0.4, 0.5) is 5.69 Å². The first kappa shape index (κ1) is 20.2. The van der Waals surface area contributed by atoms with Crippen LogP contribution in [0.1, 0.15) is 69.7 Å². The molecule has 3 rings (SSSR count). The minimum absolute atomic E-state index is 0.300. The van der Waals surface area contributed by atoms with Crippen molar-refractivity contribution in [1.82, 2.24) is 0 Å². The lowest BCUT2D eigenvalue weighted by Crippen LogP contribution is -2.26. The zero-order chi connectivity index (χ0) is 18.2. The molecule has 0 saturated carbocycles. The number of fused-ring (bicyclic) bond motifs is 1. The molecular weight excluding hydrogens is 294 g/mol. The van der Waals surface area contributed by atoms with E-state index in [2.05, 4.69) is 44.2 Å². The number of anilines is 1. The largest absolute Gasteiger partial charge is 0.399 e. The van der Waals surface area contributed by atoms with Gasteiger partial charge in [-0.3, -0.25) is 0 Å². The summed E-state index contributed by atoms with van der Waals surface area (Å²) in [5.74, 6) is 0. The van der Waals surface area contributed by atoms with Gasteiger partial charge in [0.15, 0.2) is 0 Å². The molecule has 2 aromatic carbocycles. The average molecular weight is 328 g/mol. The summed E-state index contributed by atoms with van der Waals surface area (Å²) in [6.45, 7) is 13.0. The molecular formula is C22H33NO. The van der Waals surface area contributed by atoms with Gasteiger partial charge in [0, 0.05) is 5.69 Å². The number of nitrogen functional groups attached to an aromatic ring is 1. The van der Waals surface area contributed by atoms with Gasteiger partial charge >= 0.3 is 0 Å². The number of nitrogens with two attached hydrogens (primary N) is 1. The van der Waals surface area contributed by atoms with Crippen molar-refractivity contribution < 1.29 is 4.74 Å². The third-order valence-electron chi connectivity index (χ3n) is 4.16. The van der Waals surface area contributed by atoms with Crippen LogP contribution in [-0.4, -0.2) is 0 Å².